The molecule has 2 heterocycles. The highest BCUT2D eigenvalue weighted by Crippen LogP contribution is 2.35. The molecule has 2 aliphatic rings. The number of piperazine rings is 1. The SMILES string of the molecule is CC.CC(C)c1ccccc1-c1ccccc1N1CCNCC1.CCc1cccc2c1CNCC2. The molecule has 188 valence electrons. The van der Waals surface area contributed by atoms with Crippen molar-refractivity contribution < 1.29 is 0 Å². The second-order valence-electron chi connectivity index (χ2n) is 9.33. The van der Waals surface area contributed by atoms with Crippen LogP contribution in [0.25, 0.3) is 11.1 Å². The second-order valence-corrected chi connectivity index (χ2v) is 9.33. The normalized spacial score (nSPS) is 14.9. The maximum atomic E-state index is 3.43. The number of nitrogens with zero attached hydrogens (tertiary/aromatic N) is 1. The van der Waals surface area contributed by atoms with Gasteiger partial charge in [-0.05, 0) is 59.2 Å². The molecule has 3 heteroatoms. The number of hydrogen-bond donors (Lipinski definition) is 2. The van der Waals surface area contributed by atoms with Gasteiger partial charge in [0.1, 0.15) is 0 Å². The van der Waals surface area contributed by atoms with Crippen molar-refractivity contribution in [3.63, 3.8) is 0 Å². The molecule has 3 nitrogen and oxygen atoms in total. The lowest BCUT2D eigenvalue weighted by molar-refractivity contribution is 0.589. The van der Waals surface area contributed by atoms with Gasteiger partial charge in [0, 0.05) is 44.0 Å². The Morgan fingerprint density at radius 2 is 1.46 bits per heavy atom. The van der Waals surface area contributed by atoms with Crippen LogP contribution in [-0.2, 0) is 19.4 Å². The van der Waals surface area contributed by atoms with Crippen LogP contribution in [0, 0.1) is 0 Å². The number of fused-ring (bicyclic) bond motifs is 1. The zero-order chi connectivity index (χ0) is 25.0. The number of benzene rings is 3. The molecular weight excluding hydrogens is 426 g/mol. The first kappa shape index (κ1) is 27.0. The molecule has 1 fully saturated rings. The third-order valence-electron chi connectivity index (χ3n) is 6.86. The molecule has 0 amide bonds. The van der Waals surface area contributed by atoms with Crippen LogP contribution in [0.5, 0.6) is 0 Å². The molecule has 3 aromatic carbocycles. The molecule has 0 atom stereocenters. The number of anilines is 1. The predicted molar refractivity (Wildman–Crippen MR) is 154 cm³/mol. The van der Waals surface area contributed by atoms with Crippen molar-refractivity contribution >= 4 is 5.69 Å². The Kier molecular flexibility index (Phi) is 10.8. The minimum Gasteiger partial charge on any atom is -0.368 e. The number of hydrogen-bond acceptors (Lipinski definition) is 3. The first-order valence-corrected chi connectivity index (χ1v) is 13.6. The zero-order valence-electron chi connectivity index (χ0n) is 22.5. The molecule has 0 aliphatic carbocycles. The van der Waals surface area contributed by atoms with Crippen molar-refractivity contribution in [2.75, 3.05) is 37.6 Å². The molecule has 2 aliphatic heterocycles. The molecular formula is C32H45N3. The van der Waals surface area contributed by atoms with E-state index in [9.17, 15) is 0 Å². The van der Waals surface area contributed by atoms with E-state index in [4.69, 9.17) is 0 Å². The molecule has 0 bridgehead atoms. The maximum absolute atomic E-state index is 3.43. The van der Waals surface area contributed by atoms with Gasteiger partial charge in [0.05, 0.1) is 0 Å². The summed E-state index contributed by atoms with van der Waals surface area (Å²) < 4.78 is 0. The Morgan fingerprint density at radius 1 is 0.771 bits per heavy atom. The Labute approximate surface area is 214 Å². The summed E-state index contributed by atoms with van der Waals surface area (Å²) >= 11 is 0. The van der Waals surface area contributed by atoms with Crippen molar-refractivity contribution in [1.29, 1.82) is 0 Å². The van der Waals surface area contributed by atoms with Crippen molar-refractivity contribution in [1.82, 2.24) is 10.6 Å². The molecule has 5 rings (SSSR count). The highest BCUT2D eigenvalue weighted by molar-refractivity contribution is 5.81. The average molecular weight is 472 g/mol. The van der Waals surface area contributed by atoms with E-state index in [1.807, 2.05) is 13.8 Å². The Morgan fingerprint density at radius 3 is 2.17 bits per heavy atom. The second kappa shape index (κ2) is 14.1. The summed E-state index contributed by atoms with van der Waals surface area (Å²) in [6, 6.07) is 24.3. The molecule has 0 saturated carbocycles. The number of nitrogens with one attached hydrogen (secondary N) is 2. The van der Waals surface area contributed by atoms with Crippen molar-refractivity contribution in [2.45, 2.75) is 59.9 Å². The Bertz CT molecular complexity index is 1020. The number of aryl methyl sites for hydroxylation is 1. The summed E-state index contributed by atoms with van der Waals surface area (Å²) in [6.45, 7) is 17.3. The van der Waals surface area contributed by atoms with E-state index in [2.05, 4.69) is 103 Å². The summed E-state index contributed by atoms with van der Waals surface area (Å²) in [5, 5.41) is 6.85. The van der Waals surface area contributed by atoms with Crippen molar-refractivity contribution in [2.24, 2.45) is 0 Å². The summed E-state index contributed by atoms with van der Waals surface area (Å²) in [5.74, 6) is 0.539. The van der Waals surface area contributed by atoms with Gasteiger partial charge in [-0.15, -0.1) is 0 Å². The molecule has 0 unspecified atom stereocenters. The predicted octanol–water partition coefficient (Wildman–Crippen LogP) is 6.81. The standard InChI is InChI=1S/C19H24N2.C11H15N.C2H6/c1-15(2)16-7-3-4-8-17(16)18-9-5-6-10-19(18)21-13-11-20-12-14-21;1-2-9-4-3-5-10-6-7-12-8-11(9)10;1-2/h3-10,15,20H,11-14H2,1-2H3;3-5,12H,2,6-8H2,1H3;1-2H3. The fourth-order valence-electron chi connectivity index (χ4n) is 5.05. The first-order chi connectivity index (χ1) is 17.2. The number of rotatable bonds is 4. The monoisotopic (exact) mass is 471 g/mol. The summed E-state index contributed by atoms with van der Waals surface area (Å²) in [4.78, 5) is 2.50. The van der Waals surface area contributed by atoms with Crippen LogP contribution >= 0.6 is 0 Å². The fourth-order valence-corrected chi connectivity index (χ4v) is 5.05. The van der Waals surface area contributed by atoms with Gasteiger partial charge in [-0.25, -0.2) is 0 Å². The molecule has 2 N–H and O–H groups in total. The Hall–Kier alpha value is -2.62. The van der Waals surface area contributed by atoms with E-state index in [1.165, 1.54) is 34.4 Å². The van der Waals surface area contributed by atoms with E-state index in [-0.39, 0.29) is 0 Å². The fraction of sp³-hybridized carbons (Fsp3) is 0.438. The highest BCUT2D eigenvalue weighted by atomic mass is 15.2. The lowest BCUT2D eigenvalue weighted by Gasteiger charge is -2.31. The van der Waals surface area contributed by atoms with Crippen LogP contribution in [0.3, 0.4) is 0 Å². The van der Waals surface area contributed by atoms with E-state index in [1.54, 1.807) is 11.1 Å². The molecule has 0 aromatic heterocycles. The minimum atomic E-state index is 0.539. The van der Waals surface area contributed by atoms with Crippen LogP contribution in [0.15, 0.2) is 66.7 Å². The van der Waals surface area contributed by atoms with Crippen LogP contribution in [0.4, 0.5) is 5.69 Å². The third-order valence-corrected chi connectivity index (χ3v) is 6.86. The van der Waals surface area contributed by atoms with Crippen LogP contribution in [-0.4, -0.2) is 32.7 Å². The Balaban J connectivity index is 0.000000207. The molecule has 3 aromatic rings. The van der Waals surface area contributed by atoms with Gasteiger partial charge in [-0.3, -0.25) is 0 Å². The van der Waals surface area contributed by atoms with E-state index >= 15 is 0 Å². The summed E-state index contributed by atoms with van der Waals surface area (Å²) in [5.41, 5.74) is 10.1. The van der Waals surface area contributed by atoms with Gasteiger partial charge in [0.25, 0.3) is 0 Å². The van der Waals surface area contributed by atoms with Crippen molar-refractivity contribution in [3.8, 4) is 11.1 Å². The van der Waals surface area contributed by atoms with Gasteiger partial charge >= 0.3 is 0 Å². The third kappa shape index (κ3) is 6.96. The van der Waals surface area contributed by atoms with E-state index in [0.29, 0.717) is 5.92 Å². The van der Waals surface area contributed by atoms with Crippen molar-refractivity contribution in [3.05, 3.63) is 89.0 Å². The van der Waals surface area contributed by atoms with Gasteiger partial charge in [0.2, 0.25) is 0 Å². The largest absolute Gasteiger partial charge is 0.368 e. The van der Waals surface area contributed by atoms with Gasteiger partial charge in [-0.2, -0.15) is 0 Å². The smallest absolute Gasteiger partial charge is 0.0446 e. The molecule has 1 saturated heterocycles. The maximum Gasteiger partial charge on any atom is 0.0446 e. The molecule has 0 radical (unpaired) electrons. The highest BCUT2D eigenvalue weighted by Gasteiger charge is 2.17. The lowest BCUT2D eigenvalue weighted by atomic mass is 9.91. The van der Waals surface area contributed by atoms with Crippen LogP contribution in [0.2, 0.25) is 0 Å². The van der Waals surface area contributed by atoms with E-state index < -0.39 is 0 Å². The topological polar surface area (TPSA) is 27.3 Å². The molecule has 35 heavy (non-hydrogen) atoms. The average Bonchev–Trinajstić information content (AvgIpc) is 2.94. The first-order valence-electron chi connectivity index (χ1n) is 13.6. The molecule has 0 spiro atoms. The number of para-hydroxylation sites is 1. The van der Waals surface area contributed by atoms with Crippen LogP contribution < -0.4 is 15.5 Å². The van der Waals surface area contributed by atoms with Crippen LogP contribution in [0.1, 0.15) is 62.8 Å². The van der Waals surface area contributed by atoms with E-state index in [0.717, 1.165) is 45.7 Å². The minimum absolute atomic E-state index is 0.539. The summed E-state index contributed by atoms with van der Waals surface area (Å²) in [6.07, 6.45) is 2.36. The zero-order valence-corrected chi connectivity index (χ0v) is 22.5. The quantitative estimate of drug-likeness (QED) is 0.438. The van der Waals surface area contributed by atoms with Gasteiger partial charge in [0.15, 0.2) is 0 Å². The summed E-state index contributed by atoms with van der Waals surface area (Å²) in [7, 11) is 0. The van der Waals surface area contributed by atoms with Gasteiger partial charge in [-0.1, -0.05) is 95.3 Å². The lowest BCUT2D eigenvalue weighted by Crippen LogP contribution is -2.43. The van der Waals surface area contributed by atoms with Gasteiger partial charge < -0.3 is 15.5 Å².